The van der Waals surface area contributed by atoms with Crippen molar-refractivity contribution >= 4 is 40.0 Å². The number of aliphatic hydroxyl groups is 1. The molecule has 4 aromatic rings. The van der Waals surface area contributed by atoms with E-state index in [4.69, 9.17) is 9.47 Å². The number of nitro benzene ring substituents is 1. The van der Waals surface area contributed by atoms with Gasteiger partial charge < -0.3 is 24.8 Å². The molecule has 0 aliphatic carbocycles. The van der Waals surface area contributed by atoms with E-state index in [1.54, 1.807) is 12.4 Å². The van der Waals surface area contributed by atoms with Gasteiger partial charge in [-0.1, -0.05) is 31.2 Å². The fraction of sp³-hybridized carbons (Fsp3) is 0.235. The van der Waals surface area contributed by atoms with Gasteiger partial charge in [-0.2, -0.15) is 0 Å². The molecule has 3 heterocycles. The Morgan fingerprint density at radius 2 is 1.72 bits per heavy atom. The van der Waals surface area contributed by atoms with E-state index < -0.39 is 40.8 Å². The number of amides is 1. The van der Waals surface area contributed by atoms with Crippen LogP contribution < -0.4 is 10.1 Å². The van der Waals surface area contributed by atoms with E-state index in [1.165, 1.54) is 24.0 Å². The van der Waals surface area contributed by atoms with E-state index in [1.807, 2.05) is 55.5 Å². The Hall–Kier alpha value is -5.62. The summed E-state index contributed by atoms with van der Waals surface area (Å²) < 4.78 is 11.5. The second kappa shape index (κ2) is 12.4. The molecule has 12 nitrogen and oxygen atoms in total. The van der Waals surface area contributed by atoms with Crippen molar-refractivity contribution < 1.29 is 33.9 Å². The smallest absolute Gasteiger partial charge is 0.363 e. The molecular weight excluding hydrogens is 592 g/mol. The number of aromatic nitrogens is 1. The lowest BCUT2D eigenvalue weighted by atomic mass is 9.78. The van der Waals surface area contributed by atoms with Crippen molar-refractivity contribution in [3.8, 4) is 5.75 Å². The van der Waals surface area contributed by atoms with Crippen LogP contribution >= 0.6 is 0 Å². The molecule has 2 aliphatic heterocycles. The van der Waals surface area contributed by atoms with Gasteiger partial charge in [0.25, 0.3) is 5.69 Å². The number of nitro groups is 1. The van der Waals surface area contributed by atoms with Gasteiger partial charge in [0.2, 0.25) is 5.91 Å². The number of β-lactam (4-membered cyclic amide) rings is 1. The molecule has 0 spiro atoms. The van der Waals surface area contributed by atoms with Gasteiger partial charge >= 0.3 is 11.9 Å². The fourth-order valence-corrected chi connectivity index (χ4v) is 6.15. The third kappa shape index (κ3) is 5.54. The number of esters is 2. The first-order valence-corrected chi connectivity index (χ1v) is 14.7. The molecular formula is C34H30N4O8. The lowest BCUT2D eigenvalue weighted by molar-refractivity contribution is -0.384. The Labute approximate surface area is 263 Å². The summed E-state index contributed by atoms with van der Waals surface area (Å²) in [6.45, 7) is 3.86. The maximum atomic E-state index is 13.5. The van der Waals surface area contributed by atoms with Gasteiger partial charge in [-0.25, -0.2) is 9.59 Å². The van der Waals surface area contributed by atoms with Crippen LogP contribution in [0.25, 0.3) is 10.8 Å². The van der Waals surface area contributed by atoms with Crippen molar-refractivity contribution in [2.75, 3.05) is 11.9 Å². The molecule has 1 fully saturated rings. The highest BCUT2D eigenvalue weighted by Gasteiger charge is 2.60. The number of aliphatic hydroxyl groups excluding tert-OH is 1. The van der Waals surface area contributed by atoms with Crippen molar-refractivity contribution in [1.82, 2.24) is 9.88 Å². The van der Waals surface area contributed by atoms with Gasteiger partial charge in [-0.05, 0) is 48.9 Å². The van der Waals surface area contributed by atoms with Gasteiger partial charge in [-0.3, -0.25) is 19.9 Å². The minimum Gasteiger partial charge on any atom is -0.488 e. The highest BCUT2D eigenvalue weighted by molar-refractivity contribution is 6.06. The van der Waals surface area contributed by atoms with Gasteiger partial charge in [0.05, 0.1) is 28.6 Å². The van der Waals surface area contributed by atoms with Crippen molar-refractivity contribution in [2.45, 2.75) is 32.5 Å². The summed E-state index contributed by atoms with van der Waals surface area (Å²) in [6, 6.07) is 19.4. The van der Waals surface area contributed by atoms with E-state index in [0.29, 0.717) is 17.9 Å². The Morgan fingerprint density at radius 3 is 2.41 bits per heavy atom. The molecule has 1 saturated heterocycles. The molecule has 1 aromatic heterocycles. The molecule has 3 aromatic carbocycles. The highest BCUT2D eigenvalue weighted by Crippen LogP contribution is 2.47. The SMILES string of the molecule is C[C@@H](O)[C@H]1C(=O)N2C(C(=O)OC(=O)c3ccc([N+](=O)[O-])cc3)=C(COc3cccc4c(NCc5ccncc5)cccc34)[C@H](C)[C@H]12. The maximum absolute atomic E-state index is 13.5. The molecule has 6 rings (SSSR count). The quantitative estimate of drug-likeness (QED) is 0.0839. The number of carbonyl (C=O) groups excluding carboxylic acids is 3. The average molecular weight is 623 g/mol. The van der Waals surface area contributed by atoms with E-state index >= 15 is 0 Å². The van der Waals surface area contributed by atoms with Crippen LogP contribution in [0.5, 0.6) is 5.75 Å². The summed E-state index contributed by atoms with van der Waals surface area (Å²) in [4.78, 5) is 55.1. The molecule has 2 aliphatic rings. The second-order valence-corrected chi connectivity index (χ2v) is 11.3. The summed E-state index contributed by atoms with van der Waals surface area (Å²) in [6.07, 6.45) is 2.52. The number of anilines is 1. The van der Waals surface area contributed by atoms with Gasteiger partial charge in [-0.15, -0.1) is 0 Å². The van der Waals surface area contributed by atoms with Crippen molar-refractivity contribution in [3.63, 3.8) is 0 Å². The van der Waals surface area contributed by atoms with E-state index in [9.17, 15) is 29.6 Å². The number of hydrogen-bond acceptors (Lipinski definition) is 10. The van der Waals surface area contributed by atoms with Crippen LogP contribution in [0.2, 0.25) is 0 Å². The zero-order valence-corrected chi connectivity index (χ0v) is 25.0. The van der Waals surface area contributed by atoms with Crippen LogP contribution in [0.1, 0.15) is 29.8 Å². The first-order valence-electron chi connectivity index (χ1n) is 14.7. The lowest BCUT2D eigenvalue weighted by Crippen LogP contribution is -2.63. The molecule has 0 radical (unpaired) electrons. The van der Waals surface area contributed by atoms with E-state index in [2.05, 4.69) is 10.3 Å². The van der Waals surface area contributed by atoms with Crippen LogP contribution in [0, 0.1) is 22.0 Å². The molecule has 12 heteroatoms. The Balaban J connectivity index is 1.27. The van der Waals surface area contributed by atoms with Crippen LogP contribution in [-0.2, 0) is 20.9 Å². The number of non-ortho nitro benzene ring substituents is 1. The molecule has 4 atom stereocenters. The number of fused-ring (bicyclic) bond motifs is 2. The van der Waals surface area contributed by atoms with E-state index in [-0.39, 0.29) is 29.5 Å². The summed E-state index contributed by atoms with van der Waals surface area (Å²) >= 11 is 0. The van der Waals surface area contributed by atoms with Crippen LogP contribution in [0.15, 0.2) is 96.5 Å². The predicted molar refractivity (Wildman–Crippen MR) is 167 cm³/mol. The number of rotatable bonds is 10. The third-order valence-electron chi connectivity index (χ3n) is 8.51. The summed E-state index contributed by atoms with van der Waals surface area (Å²) in [5.41, 5.74) is 2.03. The standard InChI is InChI=1S/C34H30N4O8/c1-19-26(18-45-28-8-4-5-24-25(28)6-3-7-27(24)36-17-21-13-15-35-16-14-21)31(37-30(19)29(20(2)39)32(37)40)34(42)46-33(41)22-9-11-23(12-10-22)38(43)44/h3-16,19-20,29-30,36,39H,17-18H2,1-2H3/t19-,20+,29+,30+/m0/s1. The monoisotopic (exact) mass is 622 g/mol. The van der Waals surface area contributed by atoms with Crippen LogP contribution in [0.4, 0.5) is 11.4 Å². The predicted octanol–water partition coefficient (Wildman–Crippen LogP) is 4.63. The van der Waals surface area contributed by atoms with Crippen LogP contribution in [-0.4, -0.2) is 56.5 Å². The number of carbonyl (C=O) groups is 3. The average Bonchev–Trinajstić information content (AvgIpc) is 3.30. The Bertz CT molecular complexity index is 1870. The summed E-state index contributed by atoms with van der Waals surface area (Å²) in [5, 5.41) is 26.5. The molecule has 0 bridgehead atoms. The van der Waals surface area contributed by atoms with E-state index in [0.717, 1.165) is 34.2 Å². The normalized spacial score (nSPS) is 19.3. The Morgan fingerprint density at radius 1 is 1.02 bits per heavy atom. The highest BCUT2D eigenvalue weighted by atomic mass is 16.6. The number of nitrogens with zero attached hydrogens (tertiary/aromatic N) is 3. The zero-order chi connectivity index (χ0) is 32.5. The number of benzene rings is 3. The zero-order valence-electron chi connectivity index (χ0n) is 25.0. The number of nitrogens with one attached hydrogen (secondary N) is 1. The number of hydrogen-bond donors (Lipinski definition) is 2. The summed E-state index contributed by atoms with van der Waals surface area (Å²) in [5.74, 6) is -3.09. The summed E-state index contributed by atoms with van der Waals surface area (Å²) in [7, 11) is 0. The van der Waals surface area contributed by atoms with Gasteiger partial charge in [0.1, 0.15) is 18.1 Å². The molecule has 1 amide bonds. The first kappa shape index (κ1) is 30.4. The molecule has 0 unspecified atom stereocenters. The van der Waals surface area contributed by atoms with Crippen molar-refractivity contribution in [1.29, 1.82) is 0 Å². The number of pyridine rings is 1. The first-order chi connectivity index (χ1) is 22.2. The minimum atomic E-state index is -1.05. The number of ether oxygens (including phenoxy) is 2. The van der Waals surface area contributed by atoms with Crippen molar-refractivity contribution in [3.05, 3.63) is 118 Å². The molecule has 2 N–H and O–H groups in total. The fourth-order valence-electron chi connectivity index (χ4n) is 6.15. The topological polar surface area (TPSA) is 161 Å². The third-order valence-corrected chi connectivity index (χ3v) is 8.51. The van der Waals surface area contributed by atoms with Gasteiger partial charge in [0, 0.05) is 59.0 Å². The Kier molecular flexibility index (Phi) is 8.20. The van der Waals surface area contributed by atoms with Crippen molar-refractivity contribution in [2.24, 2.45) is 11.8 Å². The van der Waals surface area contributed by atoms with Gasteiger partial charge in [0.15, 0.2) is 0 Å². The largest absolute Gasteiger partial charge is 0.488 e. The second-order valence-electron chi connectivity index (χ2n) is 11.3. The molecule has 46 heavy (non-hydrogen) atoms. The minimum absolute atomic E-state index is 0.0687. The molecule has 0 saturated carbocycles. The van der Waals surface area contributed by atoms with Crippen LogP contribution in [0.3, 0.4) is 0 Å². The molecule has 234 valence electrons. The maximum Gasteiger partial charge on any atom is 0.363 e. The lowest BCUT2D eigenvalue weighted by Gasteiger charge is -2.46.